The van der Waals surface area contributed by atoms with Gasteiger partial charge in [0.05, 0.1) is 6.33 Å². The summed E-state index contributed by atoms with van der Waals surface area (Å²) in [5.74, 6) is 0.403. The lowest BCUT2D eigenvalue weighted by atomic mass is 9.85. The predicted molar refractivity (Wildman–Crippen MR) is 86.5 cm³/mol. The van der Waals surface area contributed by atoms with Crippen LogP contribution in [-0.2, 0) is 11.3 Å². The topological polar surface area (TPSA) is 41.4 Å². The molecular formula is C17H28N4O. The van der Waals surface area contributed by atoms with E-state index in [1.165, 1.54) is 0 Å². The third-order valence-electron chi connectivity index (χ3n) is 5.22. The molecule has 1 unspecified atom stereocenters. The van der Waals surface area contributed by atoms with Gasteiger partial charge in [0, 0.05) is 38.6 Å². The second-order valence-corrected chi connectivity index (χ2v) is 6.67. The average Bonchev–Trinajstić information content (AvgIpc) is 3.16. The molecule has 5 heteroatoms. The Balaban J connectivity index is 1.62. The molecule has 2 saturated heterocycles. The normalized spacial score (nSPS) is 26.2. The van der Waals surface area contributed by atoms with E-state index in [2.05, 4.69) is 26.3 Å². The van der Waals surface area contributed by atoms with Gasteiger partial charge in [-0.05, 0) is 45.1 Å². The number of amides is 1. The number of rotatable bonds is 6. The quantitative estimate of drug-likeness (QED) is 0.808. The molecule has 0 aliphatic carbocycles. The van der Waals surface area contributed by atoms with Gasteiger partial charge in [0.1, 0.15) is 5.54 Å². The molecule has 0 N–H and O–H groups in total. The van der Waals surface area contributed by atoms with Crippen molar-refractivity contribution in [3.8, 4) is 0 Å². The molecule has 0 bridgehead atoms. The van der Waals surface area contributed by atoms with E-state index >= 15 is 0 Å². The fourth-order valence-corrected chi connectivity index (χ4v) is 4.20. The Hall–Kier alpha value is -1.36. The van der Waals surface area contributed by atoms with Crippen LogP contribution in [0.3, 0.4) is 0 Å². The molecule has 1 aromatic rings. The first-order valence-corrected chi connectivity index (χ1v) is 8.76. The van der Waals surface area contributed by atoms with Crippen molar-refractivity contribution in [2.75, 3.05) is 26.2 Å². The molecule has 2 aliphatic rings. The van der Waals surface area contributed by atoms with Gasteiger partial charge in [0.25, 0.3) is 0 Å². The fourth-order valence-electron chi connectivity index (χ4n) is 4.20. The minimum absolute atomic E-state index is 0.178. The van der Waals surface area contributed by atoms with Crippen LogP contribution in [-0.4, -0.2) is 57.0 Å². The highest BCUT2D eigenvalue weighted by atomic mass is 16.2. The summed E-state index contributed by atoms with van der Waals surface area (Å²) in [6, 6.07) is 0. The monoisotopic (exact) mass is 304 g/mol. The van der Waals surface area contributed by atoms with E-state index in [4.69, 9.17) is 0 Å². The molecule has 1 atom stereocenters. The SMILES string of the molecule is CCCN1CCCC2(CCCN2CCCn2ccnc2)C1=O. The summed E-state index contributed by atoms with van der Waals surface area (Å²) in [6.45, 7) is 7.12. The van der Waals surface area contributed by atoms with E-state index in [9.17, 15) is 4.79 Å². The summed E-state index contributed by atoms with van der Waals surface area (Å²) in [7, 11) is 0. The van der Waals surface area contributed by atoms with Crippen molar-refractivity contribution in [2.45, 2.75) is 57.5 Å². The summed E-state index contributed by atoms with van der Waals surface area (Å²) >= 11 is 0. The van der Waals surface area contributed by atoms with E-state index in [1.807, 2.05) is 18.7 Å². The van der Waals surface area contributed by atoms with Gasteiger partial charge in [-0.1, -0.05) is 6.92 Å². The molecule has 2 fully saturated rings. The highest BCUT2D eigenvalue weighted by Crippen LogP contribution is 2.38. The first-order valence-electron chi connectivity index (χ1n) is 8.76. The molecular weight excluding hydrogens is 276 g/mol. The summed E-state index contributed by atoms with van der Waals surface area (Å²) in [5.41, 5.74) is -0.178. The van der Waals surface area contributed by atoms with Gasteiger partial charge < -0.3 is 9.47 Å². The lowest BCUT2D eigenvalue weighted by molar-refractivity contribution is -0.147. The van der Waals surface area contributed by atoms with Crippen molar-refractivity contribution in [1.29, 1.82) is 0 Å². The maximum Gasteiger partial charge on any atom is 0.243 e. The number of hydrogen-bond acceptors (Lipinski definition) is 3. The Morgan fingerprint density at radius 3 is 2.73 bits per heavy atom. The number of aromatic nitrogens is 2. The van der Waals surface area contributed by atoms with E-state index in [-0.39, 0.29) is 5.54 Å². The maximum absolute atomic E-state index is 13.0. The van der Waals surface area contributed by atoms with Gasteiger partial charge in [-0.15, -0.1) is 0 Å². The Bertz CT molecular complexity index is 485. The molecule has 1 amide bonds. The molecule has 0 aromatic carbocycles. The number of hydrogen-bond donors (Lipinski definition) is 0. The molecule has 122 valence electrons. The van der Waals surface area contributed by atoms with Crippen LogP contribution in [0.15, 0.2) is 18.7 Å². The summed E-state index contributed by atoms with van der Waals surface area (Å²) in [6.07, 6.45) is 12.3. The van der Waals surface area contributed by atoms with Crippen LogP contribution in [0.4, 0.5) is 0 Å². The van der Waals surface area contributed by atoms with Crippen LogP contribution < -0.4 is 0 Å². The Labute approximate surface area is 133 Å². The van der Waals surface area contributed by atoms with E-state index in [0.717, 1.165) is 71.2 Å². The molecule has 2 aliphatic heterocycles. The third-order valence-corrected chi connectivity index (χ3v) is 5.22. The minimum atomic E-state index is -0.178. The van der Waals surface area contributed by atoms with Gasteiger partial charge >= 0.3 is 0 Å². The number of nitrogens with zero attached hydrogens (tertiary/aromatic N) is 4. The van der Waals surface area contributed by atoms with Crippen molar-refractivity contribution < 1.29 is 4.79 Å². The van der Waals surface area contributed by atoms with Crippen LogP contribution in [0.1, 0.15) is 45.4 Å². The van der Waals surface area contributed by atoms with Gasteiger partial charge in [0.15, 0.2) is 0 Å². The van der Waals surface area contributed by atoms with Gasteiger partial charge in [-0.2, -0.15) is 0 Å². The lowest BCUT2D eigenvalue weighted by Gasteiger charge is -2.44. The zero-order valence-corrected chi connectivity index (χ0v) is 13.7. The Kier molecular flexibility index (Phi) is 4.81. The molecule has 22 heavy (non-hydrogen) atoms. The summed E-state index contributed by atoms with van der Waals surface area (Å²) < 4.78 is 2.12. The molecule has 5 nitrogen and oxygen atoms in total. The van der Waals surface area contributed by atoms with Crippen LogP contribution in [0.2, 0.25) is 0 Å². The number of likely N-dealkylation sites (tertiary alicyclic amines) is 2. The standard InChI is InChI=1S/C17H28N4O/c1-2-9-20-11-3-6-17(16(20)22)7-4-12-21(17)13-5-10-19-14-8-18-15-19/h8,14-15H,2-7,9-13H2,1H3. The second kappa shape index (κ2) is 6.82. The van der Waals surface area contributed by atoms with Crippen molar-refractivity contribution >= 4 is 5.91 Å². The number of aryl methyl sites for hydroxylation is 1. The summed E-state index contributed by atoms with van der Waals surface area (Å²) in [5, 5.41) is 0. The largest absolute Gasteiger partial charge is 0.341 e. The number of carbonyl (C=O) groups excluding carboxylic acids is 1. The van der Waals surface area contributed by atoms with Gasteiger partial charge in [-0.25, -0.2) is 4.98 Å². The fraction of sp³-hybridized carbons (Fsp3) is 0.765. The van der Waals surface area contributed by atoms with Gasteiger partial charge in [-0.3, -0.25) is 9.69 Å². The van der Waals surface area contributed by atoms with Crippen molar-refractivity contribution in [3.05, 3.63) is 18.7 Å². The van der Waals surface area contributed by atoms with E-state index in [0.29, 0.717) is 5.91 Å². The highest BCUT2D eigenvalue weighted by molar-refractivity contribution is 5.87. The molecule has 3 rings (SSSR count). The summed E-state index contributed by atoms with van der Waals surface area (Å²) in [4.78, 5) is 21.7. The average molecular weight is 304 g/mol. The molecule has 3 heterocycles. The minimum Gasteiger partial charge on any atom is -0.341 e. The first-order chi connectivity index (χ1) is 10.8. The van der Waals surface area contributed by atoms with Crippen molar-refractivity contribution in [1.82, 2.24) is 19.4 Å². The van der Waals surface area contributed by atoms with Crippen molar-refractivity contribution in [3.63, 3.8) is 0 Å². The van der Waals surface area contributed by atoms with E-state index in [1.54, 1.807) is 0 Å². The number of piperidine rings is 1. The number of carbonyl (C=O) groups is 1. The first kappa shape index (κ1) is 15.5. The predicted octanol–water partition coefficient (Wildman–Crippen LogP) is 2.14. The van der Waals surface area contributed by atoms with Crippen LogP contribution >= 0.6 is 0 Å². The Morgan fingerprint density at radius 2 is 2.00 bits per heavy atom. The van der Waals surface area contributed by atoms with Crippen LogP contribution in [0.25, 0.3) is 0 Å². The molecule has 1 spiro atoms. The molecule has 0 radical (unpaired) electrons. The Morgan fingerprint density at radius 1 is 1.18 bits per heavy atom. The lowest BCUT2D eigenvalue weighted by Crippen LogP contribution is -2.60. The number of imidazole rings is 1. The van der Waals surface area contributed by atoms with E-state index < -0.39 is 0 Å². The maximum atomic E-state index is 13.0. The molecule has 1 aromatic heterocycles. The van der Waals surface area contributed by atoms with Gasteiger partial charge in [0.2, 0.25) is 5.91 Å². The highest BCUT2D eigenvalue weighted by Gasteiger charge is 2.50. The smallest absolute Gasteiger partial charge is 0.243 e. The van der Waals surface area contributed by atoms with Crippen LogP contribution in [0.5, 0.6) is 0 Å². The molecule has 0 saturated carbocycles. The van der Waals surface area contributed by atoms with Crippen molar-refractivity contribution in [2.24, 2.45) is 0 Å². The zero-order chi connectivity index (χ0) is 15.4. The van der Waals surface area contributed by atoms with Crippen LogP contribution in [0, 0.1) is 0 Å². The second-order valence-electron chi connectivity index (χ2n) is 6.67. The third kappa shape index (κ3) is 2.91. The zero-order valence-electron chi connectivity index (χ0n) is 13.7.